The zero-order chi connectivity index (χ0) is 70.4. The molecule has 499 valence electrons. The summed E-state index contributed by atoms with van der Waals surface area (Å²) in [6.07, 6.45) is 5.40. The molecule has 0 saturated heterocycles. The maximum atomic E-state index is 14.2. The lowest BCUT2D eigenvalue weighted by Gasteiger charge is -2.13. The van der Waals surface area contributed by atoms with Crippen LogP contribution in [-0.4, -0.2) is 28.0 Å². The predicted molar refractivity (Wildman–Crippen MR) is 336 cm³/mol. The van der Waals surface area contributed by atoms with Gasteiger partial charge in [-0.2, -0.15) is 8.78 Å². The molecule has 10 rings (SSSR count). The molecule has 0 heterocycles. The molecule has 0 saturated carbocycles. The summed E-state index contributed by atoms with van der Waals surface area (Å²) in [6, 6.07) is 32.6. The highest BCUT2D eigenvalue weighted by Crippen LogP contribution is 2.40. The maximum absolute atomic E-state index is 14.2. The molecule has 95 heavy (non-hydrogen) atoms. The Balaban J connectivity index is 0.000000211. The minimum absolute atomic E-state index is 0.0347. The van der Waals surface area contributed by atoms with Gasteiger partial charge in [0.15, 0.2) is 23.3 Å². The first-order chi connectivity index (χ1) is 44.8. The second-order valence-electron chi connectivity index (χ2n) is 20.2. The van der Waals surface area contributed by atoms with Crippen molar-refractivity contribution in [1.29, 1.82) is 0 Å². The van der Waals surface area contributed by atoms with E-state index >= 15 is 0 Å². The fourth-order valence-corrected chi connectivity index (χ4v) is 9.03. The molecule has 0 fully saturated rings. The van der Waals surface area contributed by atoms with Crippen LogP contribution in [-0.2, 0) is 17.7 Å². The number of unbranched alkanes of at least 4 members (excludes halogenated alkanes) is 2. The molecule has 0 aromatic heterocycles. The Morgan fingerprint density at radius 3 is 1.13 bits per heavy atom. The number of phenols is 3. The van der Waals surface area contributed by atoms with E-state index in [1.165, 1.54) is 73.7 Å². The molecule has 0 spiro atoms. The monoisotopic (exact) mass is 1470 g/mol. The van der Waals surface area contributed by atoms with Crippen molar-refractivity contribution in [2.24, 2.45) is 0 Å². The number of hydrogen-bond acceptors (Lipinski definition) is 5. The van der Waals surface area contributed by atoms with Gasteiger partial charge in [0.2, 0.25) is 0 Å². The fourth-order valence-electron chi connectivity index (χ4n) is 8.40. The summed E-state index contributed by atoms with van der Waals surface area (Å²) in [7, 11) is 0.396. The average Bonchev–Trinajstić information content (AvgIpc) is 1.01. The zero-order valence-corrected chi connectivity index (χ0v) is 53.0. The van der Waals surface area contributed by atoms with Gasteiger partial charge in [0.25, 0.3) is 0 Å². The third kappa shape index (κ3) is 23.3. The number of phenolic OH excluding ortho intramolecular Hbond substituents is 3. The van der Waals surface area contributed by atoms with E-state index in [4.69, 9.17) is 20.3 Å². The lowest BCUT2D eigenvalue weighted by Crippen LogP contribution is -2.09. The van der Waals surface area contributed by atoms with Gasteiger partial charge in [-0.25, -0.2) is 65.9 Å². The summed E-state index contributed by atoms with van der Waals surface area (Å²) in [6.45, 7) is 5.39. The van der Waals surface area contributed by atoms with Gasteiger partial charge in [-0.05, 0) is 207 Å². The molecular formula is C70H53BBr2F17O5. The molecule has 5 nitrogen and oxygen atoms in total. The minimum Gasteiger partial charge on any atom is -0.537 e. The first-order valence-corrected chi connectivity index (χ1v) is 29.6. The van der Waals surface area contributed by atoms with Crippen molar-refractivity contribution in [3.63, 3.8) is 0 Å². The third-order valence-corrected chi connectivity index (χ3v) is 14.3. The molecular weight excluding hydrogens is 1410 g/mol. The minimum atomic E-state index is -3.83. The molecule has 0 aliphatic carbocycles. The Labute approximate surface area is 552 Å². The summed E-state index contributed by atoms with van der Waals surface area (Å²) >= 11 is 4.87. The SMILES string of the molecule is CCCCc1ccc(-c2cc(F)c(C(F)(F)Br)c(F)c2)c(F)c1.CCCCc1ccc(-c2cc(F)cc(F)c2)c(F)c1.Cc1c(F)cc(-c2ccc(O)cc2F)cc1F.O[B]Oc1ccc(F)c(F)c1.Oc1ccc(-c2ccc(F)c(F)c2)c(F)c1.Oc1ccc(Br)c(F)c1. The molecule has 10 aromatic rings. The van der Waals surface area contributed by atoms with Crippen LogP contribution >= 0.6 is 31.9 Å². The van der Waals surface area contributed by atoms with E-state index in [-0.39, 0.29) is 73.1 Å². The number of hydrogen-bond donors (Lipinski definition) is 4. The van der Waals surface area contributed by atoms with Crippen molar-refractivity contribution >= 4 is 39.5 Å². The number of benzene rings is 10. The Kier molecular flexibility index (Phi) is 29.3. The first-order valence-electron chi connectivity index (χ1n) is 28.0. The van der Waals surface area contributed by atoms with Crippen molar-refractivity contribution in [3.8, 4) is 67.5 Å². The van der Waals surface area contributed by atoms with Crippen LogP contribution in [0.3, 0.4) is 0 Å². The van der Waals surface area contributed by atoms with E-state index in [9.17, 15) is 74.6 Å². The number of halogens is 19. The number of aryl methyl sites for hydroxylation is 2. The second kappa shape index (κ2) is 36.2. The molecule has 0 atom stereocenters. The summed E-state index contributed by atoms with van der Waals surface area (Å²) in [5.41, 5.74) is 0.937. The molecule has 0 bridgehead atoms. The quantitative estimate of drug-likeness (QED) is 0.0525. The molecule has 0 amide bonds. The third-order valence-electron chi connectivity index (χ3n) is 13.2. The van der Waals surface area contributed by atoms with E-state index in [0.29, 0.717) is 30.7 Å². The number of rotatable bonds is 13. The Morgan fingerprint density at radius 1 is 0.379 bits per heavy atom. The van der Waals surface area contributed by atoms with Gasteiger partial charge in [-0.1, -0.05) is 57.0 Å². The topological polar surface area (TPSA) is 90.2 Å². The molecule has 1 radical (unpaired) electrons. The Hall–Kier alpha value is -8.81. The maximum Gasteiger partial charge on any atom is 0.569 e. The lowest BCUT2D eigenvalue weighted by molar-refractivity contribution is 0.105. The van der Waals surface area contributed by atoms with Gasteiger partial charge in [0, 0.05) is 58.1 Å². The van der Waals surface area contributed by atoms with E-state index in [0.717, 1.165) is 116 Å². The largest absolute Gasteiger partial charge is 0.569 e. The normalized spacial score (nSPS) is 10.6. The van der Waals surface area contributed by atoms with Crippen LogP contribution in [0.2, 0.25) is 0 Å². The molecule has 0 aliphatic rings. The van der Waals surface area contributed by atoms with Crippen LogP contribution in [0.1, 0.15) is 61.8 Å². The number of alkyl halides is 3. The first kappa shape index (κ1) is 76.9. The molecule has 10 aromatic carbocycles. The van der Waals surface area contributed by atoms with Crippen molar-refractivity contribution in [2.75, 3.05) is 0 Å². The van der Waals surface area contributed by atoms with Crippen molar-refractivity contribution in [2.45, 2.75) is 64.1 Å². The van der Waals surface area contributed by atoms with E-state index in [2.05, 4.69) is 27.5 Å². The van der Waals surface area contributed by atoms with E-state index in [1.54, 1.807) is 18.2 Å². The van der Waals surface area contributed by atoms with Gasteiger partial charge in [-0.3, -0.25) is 0 Å². The number of aromatic hydroxyl groups is 3. The average molecular weight is 1470 g/mol. The summed E-state index contributed by atoms with van der Waals surface area (Å²) in [5, 5.41) is 34.9. The zero-order valence-electron chi connectivity index (χ0n) is 49.9. The lowest BCUT2D eigenvalue weighted by atomic mass is 9.99. The van der Waals surface area contributed by atoms with Crippen LogP contribution in [0.5, 0.6) is 23.0 Å². The van der Waals surface area contributed by atoms with Crippen LogP contribution in [0.15, 0.2) is 174 Å². The van der Waals surface area contributed by atoms with E-state index in [1.807, 2.05) is 22.9 Å². The van der Waals surface area contributed by atoms with Crippen LogP contribution in [0.25, 0.3) is 44.5 Å². The standard InChI is InChI=1S/C17H14BrF5.C16H15F3.C13H9F3O.C12H7F3O.C6H4BF2O2.C6H4BrFO/c1-2-3-4-10-5-6-12(13(19)7-10)11-8-14(20)16(15(21)9-11)17(18,22)23;1-2-3-4-11-5-6-15(16(19)7-11)12-8-13(17)10-14(18)9-12;1-7-11(14)4-8(5-12(7)15)10-3-2-9(17)6-13(10)16;13-10-4-1-7(5-12(10)15)9-3-2-8(16)6-11(9)14;8-5-2-1-4(11-7-10)3-6(5)9;7-5-2-1-4(9)3-6(5)8/h5-9H,2-4H2,1H3;5-10H,2-4H2,1H3;2-6,17H,1H3;1-6,16H;1-3,10H;1-3,9H. The highest BCUT2D eigenvalue weighted by Gasteiger charge is 2.35. The summed E-state index contributed by atoms with van der Waals surface area (Å²) in [5.74, 6) is -13.1. The van der Waals surface area contributed by atoms with Crippen molar-refractivity contribution in [1.82, 2.24) is 0 Å². The van der Waals surface area contributed by atoms with Crippen LogP contribution in [0.4, 0.5) is 74.6 Å². The summed E-state index contributed by atoms with van der Waals surface area (Å²) in [4.78, 5) is -3.83. The highest BCUT2D eigenvalue weighted by molar-refractivity contribution is 9.10. The molecule has 25 heteroatoms. The Morgan fingerprint density at radius 2 is 0.747 bits per heavy atom. The van der Waals surface area contributed by atoms with Gasteiger partial charge < -0.3 is 25.0 Å². The van der Waals surface area contributed by atoms with Gasteiger partial charge in [0.1, 0.15) is 92.6 Å². The van der Waals surface area contributed by atoms with Crippen molar-refractivity contribution in [3.05, 3.63) is 284 Å². The van der Waals surface area contributed by atoms with Crippen LogP contribution in [0, 0.1) is 94.2 Å². The van der Waals surface area contributed by atoms with Gasteiger partial charge in [0.05, 0.1) is 4.47 Å². The van der Waals surface area contributed by atoms with Gasteiger partial charge >= 0.3 is 12.5 Å². The van der Waals surface area contributed by atoms with Crippen LogP contribution < -0.4 is 4.65 Å². The van der Waals surface area contributed by atoms with Gasteiger partial charge in [-0.15, -0.1) is 0 Å². The fraction of sp³-hybridized carbons (Fsp3) is 0.143. The van der Waals surface area contributed by atoms with Crippen molar-refractivity contribution < 1.29 is 99.6 Å². The predicted octanol–water partition coefficient (Wildman–Crippen LogP) is 22.1. The molecule has 0 unspecified atom stereocenters. The molecule has 4 N–H and O–H groups in total. The second-order valence-corrected chi connectivity index (χ2v) is 22.1. The molecule has 0 aliphatic heterocycles. The van der Waals surface area contributed by atoms with E-state index < -0.39 is 97.7 Å². The Bertz CT molecular complexity index is 4170. The smallest absolute Gasteiger partial charge is 0.537 e. The summed E-state index contributed by atoms with van der Waals surface area (Å²) < 4.78 is 229. The highest BCUT2D eigenvalue weighted by atomic mass is 79.9.